The molecule has 0 aliphatic heterocycles. The van der Waals surface area contributed by atoms with Crippen molar-refractivity contribution in [2.75, 3.05) is 0 Å². The molecule has 2 aromatic heterocycles. The second-order valence-corrected chi connectivity index (χ2v) is 8.43. The Labute approximate surface area is 206 Å². The van der Waals surface area contributed by atoms with Gasteiger partial charge in [-0.1, -0.05) is 23.7 Å². The SMILES string of the molecule is Cc1cc(C)n(-c2ccc(-n3cc(C(=O)O)c(=O)n(Cc4cccc(Cl)c4C(F)(F)F)c3=O)cc2)n1. The predicted molar refractivity (Wildman–Crippen MR) is 125 cm³/mol. The van der Waals surface area contributed by atoms with Gasteiger partial charge in [0, 0.05) is 11.9 Å². The van der Waals surface area contributed by atoms with Crippen LogP contribution in [0.4, 0.5) is 13.2 Å². The van der Waals surface area contributed by atoms with Crippen molar-refractivity contribution in [1.82, 2.24) is 18.9 Å². The maximum absolute atomic E-state index is 13.6. The molecule has 2 heterocycles. The van der Waals surface area contributed by atoms with Gasteiger partial charge in [0.05, 0.1) is 34.2 Å². The van der Waals surface area contributed by atoms with Gasteiger partial charge in [0.1, 0.15) is 5.56 Å². The highest BCUT2D eigenvalue weighted by Crippen LogP contribution is 2.37. The summed E-state index contributed by atoms with van der Waals surface area (Å²) in [5.41, 5.74) is -2.18. The van der Waals surface area contributed by atoms with Crippen molar-refractivity contribution in [3.63, 3.8) is 0 Å². The Kier molecular flexibility index (Phi) is 6.35. The van der Waals surface area contributed by atoms with Crippen LogP contribution in [0.5, 0.6) is 0 Å². The van der Waals surface area contributed by atoms with Crippen LogP contribution >= 0.6 is 11.6 Å². The molecule has 0 aliphatic rings. The van der Waals surface area contributed by atoms with Crippen molar-refractivity contribution in [1.29, 1.82) is 0 Å². The molecule has 1 N–H and O–H groups in total. The van der Waals surface area contributed by atoms with Crippen molar-refractivity contribution >= 4 is 17.6 Å². The Balaban J connectivity index is 1.87. The van der Waals surface area contributed by atoms with Gasteiger partial charge in [0.2, 0.25) is 0 Å². The van der Waals surface area contributed by atoms with E-state index in [4.69, 9.17) is 11.6 Å². The molecule has 0 saturated carbocycles. The summed E-state index contributed by atoms with van der Waals surface area (Å²) in [5.74, 6) is -1.64. The number of aromatic carboxylic acids is 1. The van der Waals surface area contributed by atoms with Crippen LogP contribution in [-0.4, -0.2) is 30.0 Å². The molecule has 0 saturated heterocycles. The number of hydrogen-bond donors (Lipinski definition) is 1. The molecule has 0 amide bonds. The Hall–Kier alpha value is -4.12. The zero-order valence-electron chi connectivity index (χ0n) is 18.9. The number of alkyl halides is 3. The van der Waals surface area contributed by atoms with Crippen LogP contribution in [0.2, 0.25) is 5.02 Å². The third kappa shape index (κ3) is 4.57. The van der Waals surface area contributed by atoms with Gasteiger partial charge < -0.3 is 5.11 Å². The molecule has 0 aliphatic carbocycles. The Morgan fingerprint density at radius 1 is 1.06 bits per heavy atom. The largest absolute Gasteiger partial charge is 0.477 e. The summed E-state index contributed by atoms with van der Waals surface area (Å²) in [4.78, 5) is 37.8. The summed E-state index contributed by atoms with van der Waals surface area (Å²) in [6, 6.07) is 11.5. The van der Waals surface area contributed by atoms with E-state index in [9.17, 15) is 32.7 Å². The van der Waals surface area contributed by atoms with E-state index in [1.807, 2.05) is 19.9 Å². The summed E-state index contributed by atoms with van der Waals surface area (Å²) >= 11 is 5.75. The summed E-state index contributed by atoms with van der Waals surface area (Å²) in [5, 5.41) is 13.3. The number of carbonyl (C=O) groups is 1. The van der Waals surface area contributed by atoms with Gasteiger partial charge in [-0.25, -0.2) is 14.3 Å². The smallest absolute Gasteiger partial charge is 0.418 e. The maximum Gasteiger partial charge on any atom is 0.418 e. The minimum atomic E-state index is -4.86. The second kappa shape index (κ2) is 9.15. The zero-order valence-corrected chi connectivity index (χ0v) is 19.6. The first-order chi connectivity index (χ1) is 16.9. The zero-order chi connectivity index (χ0) is 26.4. The molecule has 0 radical (unpaired) electrons. The monoisotopic (exact) mass is 518 g/mol. The Morgan fingerprint density at radius 2 is 1.69 bits per heavy atom. The molecule has 0 atom stereocenters. The number of carboxylic acids is 1. The molecule has 0 bridgehead atoms. The number of hydrogen-bond acceptors (Lipinski definition) is 4. The van der Waals surface area contributed by atoms with Crippen molar-refractivity contribution in [2.45, 2.75) is 26.6 Å². The molecule has 4 rings (SSSR count). The molecular weight excluding hydrogens is 501 g/mol. The Bertz CT molecular complexity index is 1600. The van der Waals surface area contributed by atoms with Crippen LogP contribution in [0.15, 0.2) is 64.3 Å². The number of benzene rings is 2. The van der Waals surface area contributed by atoms with Crippen LogP contribution in [-0.2, 0) is 12.7 Å². The Morgan fingerprint density at radius 3 is 2.25 bits per heavy atom. The fourth-order valence-corrected chi connectivity index (χ4v) is 4.21. The van der Waals surface area contributed by atoms with Crippen LogP contribution < -0.4 is 11.2 Å². The fraction of sp³-hybridized carbons (Fsp3) is 0.167. The molecule has 0 spiro atoms. The average molecular weight is 519 g/mol. The first-order valence-corrected chi connectivity index (χ1v) is 10.8. The second-order valence-electron chi connectivity index (χ2n) is 8.02. The summed E-state index contributed by atoms with van der Waals surface area (Å²) in [6.07, 6.45) is -4.01. The topological polar surface area (TPSA) is 99.1 Å². The van der Waals surface area contributed by atoms with E-state index < -0.39 is 51.7 Å². The van der Waals surface area contributed by atoms with Gasteiger partial charge in [-0.15, -0.1) is 0 Å². The summed E-state index contributed by atoms with van der Waals surface area (Å²) in [6.45, 7) is 2.86. The van der Waals surface area contributed by atoms with Crippen molar-refractivity contribution in [3.05, 3.63) is 109 Å². The highest BCUT2D eigenvalue weighted by molar-refractivity contribution is 6.31. The van der Waals surface area contributed by atoms with E-state index in [0.717, 1.165) is 34.3 Å². The van der Waals surface area contributed by atoms with Crippen molar-refractivity contribution in [2.24, 2.45) is 0 Å². The lowest BCUT2D eigenvalue weighted by molar-refractivity contribution is -0.138. The summed E-state index contributed by atoms with van der Waals surface area (Å²) in [7, 11) is 0. The number of rotatable bonds is 5. The molecule has 4 aromatic rings. The number of aryl methyl sites for hydroxylation is 2. The normalized spacial score (nSPS) is 11.6. The number of halogens is 4. The lowest BCUT2D eigenvalue weighted by atomic mass is 10.1. The molecule has 0 unspecified atom stereocenters. The average Bonchev–Trinajstić information content (AvgIpc) is 3.13. The number of nitrogens with zero attached hydrogens (tertiary/aromatic N) is 4. The minimum absolute atomic E-state index is 0.198. The molecule has 2 aromatic carbocycles. The van der Waals surface area contributed by atoms with Crippen LogP contribution in [0, 0.1) is 13.8 Å². The molecule has 12 heteroatoms. The number of carboxylic acid groups (broad SMARTS) is 1. The molecule has 8 nitrogen and oxygen atoms in total. The standard InChI is InChI=1S/C24H18ClF3N4O4/c1-13-10-14(2)32(29-13)17-8-6-16(7-9-17)30-12-18(22(34)35)21(33)31(23(30)36)11-15-4-3-5-19(25)20(15)24(26,27)28/h3-10,12H,11H2,1-2H3,(H,34,35). The van der Waals surface area contributed by atoms with E-state index >= 15 is 0 Å². The molecule has 0 fully saturated rings. The molecular formula is C24H18ClF3N4O4. The lowest BCUT2D eigenvalue weighted by Gasteiger charge is -2.17. The van der Waals surface area contributed by atoms with Crippen LogP contribution in [0.1, 0.15) is 32.9 Å². The van der Waals surface area contributed by atoms with E-state index in [0.29, 0.717) is 10.3 Å². The van der Waals surface area contributed by atoms with Gasteiger partial charge in [-0.3, -0.25) is 13.9 Å². The fourth-order valence-electron chi connectivity index (χ4n) is 3.91. The van der Waals surface area contributed by atoms with Gasteiger partial charge in [0.15, 0.2) is 0 Å². The summed E-state index contributed by atoms with van der Waals surface area (Å²) < 4.78 is 43.9. The molecule has 36 heavy (non-hydrogen) atoms. The quantitative estimate of drug-likeness (QED) is 0.426. The lowest BCUT2D eigenvalue weighted by Crippen LogP contribution is -2.42. The van der Waals surface area contributed by atoms with Crippen molar-refractivity contribution < 1.29 is 23.1 Å². The highest BCUT2D eigenvalue weighted by atomic mass is 35.5. The van der Waals surface area contributed by atoms with Gasteiger partial charge >= 0.3 is 17.8 Å². The van der Waals surface area contributed by atoms with E-state index in [-0.39, 0.29) is 5.69 Å². The van der Waals surface area contributed by atoms with Crippen molar-refractivity contribution in [3.8, 4) is 11.4 Å². The minimum Gasteiger partial charge on any atom is -0.477 e. The molecule has 186 valence electrons. The van der Waals surface area contributed by atoms with Crippen LogP contribution in [0.3, 0.4) is 0 Å². The van der Waals surface area contributed by atoms with E-state index in [1.165, 1.54) is 18.2 Å². The first kappa shape index (κ1) is 25.0. The van der Waals surface area contributed by atoms with Crippen LogP contribution in [0.25, 0.3) is 11.4 Å². The maximum atomic E-state index is 13.6. The van der Waals surface area contributed by atoms with E-state index in [1.54, 1.807) is 16.8 Å². The predicted octanol–water partition coefficient (Wildman–Crippen LogP) is 4.22. The first-order valence-electron chi connectivity index (χ1n) is 10.5. The van der Waals surface area contributed by atoms with Gasteiger partial charge in [-0.05, 0) is 55.8 Å². The number of aromatic nitrogens is 4. The highest BCUT2D eigenvalue weighted by Gasteiger charge is 2.36. The third-order valence-corrected chi connectivity index (χ3v) is 5.81. The van der Waals surface area contributed by atoms with E-state index in [2.05, 4.69) is 5.10 Å². The van der Waals surface area contributed by atoms with Gasteiger partial charge in [-0.2, -0.15) is 18.3 Å². The third-order valence-electron chi connectivity index (χ3n) is 5.50. The van der Waals surface area contributed by atoms with Gasteiger partial charge in [0.25, 0.3) is 5.56 Å².